The second-order valence-electron chi connectivity index (χ2n) is 10.1. The maximum atomic E-state index is 12.8. The fourth-order valence-electron chi connectivity index (χ4n) is 4.50. The Bertz CT molecular complexity index is 1540. The molecule has 45 heavy (non-hydrogen) atoms. The van der Waals surface area contributed by atoms with Crippen LogP contribution in [0.25, 0.3) is 0 Å². The van der Waals surface area contributed by atoms with Gasteiger partial charge < -0.3 is 47.0 Å². The molecular weight excluding hydrogens is 596 g/mol. The zero-order valence-electron chi connectivity index (χ0n) is 23.6. The van der Waals surface area contributed by atoms with Crippen molar-refractivity contribution in [3.05, 3.63) is 59.2 Å². The number of carbonyl (C=O) groups excluding carboxylic acids is 3. The molecule has 238 valence electrons. The SMILES string of the molecule is N=C(N)Nc1ccc(C(=O)Oc2ccc(CCC(=O)N[C@@H](CC(N)=O)C(=O)O)c(C3=NOC(CC(=O)O)(CC(=O)O)C3)c2)cc1. The van der Waals surface area contributed by atoms with Crippen LogP contribution in [-0.4, -0.2) is 74.3 Å². The molecular formula is C28H30N6O11. The van der Waals surface area contributed by atoms with Crippen molar-refractivity contribution >= 4 is 53.1 Å². The molecule has 17 nitrogen and oxygen atoms in total. The van der Waals surface area contributed by atoms with Crippen molar-refractivity contribution in [2.45, 2.75) is 50.2 Å². The number of esters is 1. The minimum Gasteiger partial charge on any atom is -0.481 e. The minimum atomic E-state index is -1.70. The van der Waals surface area contributed by atoms with E-state index in [4.69, 9.17) is 26.5 Å². The number of carbonyl (C=O) groups is 6. The number of nitrogens with one attached hydrogen (secondary N) is 3. The van der Waals surface area contributed by atoms with Gasteiger partial charge >= 0.3 is 23.9 Å². The van der Waals surface area contributed by atoms with Gasteiger partial charge in [0.2, 0.25) is 11.8 Å². The van der Waals surface area contributed by atoms with Gasteiger partial charge in [0.25, 0.3) is 0 Å². The average Bonchev–Trinajstić information content (AvgIpc) is 3.33. The highest BCUT2D eigenvalue weighted by atomic mass is 16.7. The van der Waals surface area contributed by atoms with E-state index in [2.05, 4.69) is 15.8 Å². The second kappa shape index (κ2) is 14.5. The maximum absolute atomic E-state index is 12.8. The molecule has 2 aromatic rings. The first-order valence-electron chi connectivity index (χ1n) is 13.2. The summed E-state index contributed by atoms with van der Waals surface area (Å²) in [5, 5.41) is 44.0. The third-order valence-electron chi connectivity index (χ3n) is 6.45. The monoisotopic (exact) mass is 626 g/mol. The molecule has 2 aromatic carbocycles. The van der Waals surface area contributed by atoms with Crippen LogP contribution in [0.15, 0.2) is 47.6 Å². The number of primary amides is 1. The maximum Gasteiger partial charge on any atom is 0.343 e. The van der Waals surface area contributed by atoms with Crippen molar-refractivity contribution in [1.82, 2.24) is 5.32 Å². The smallest absolute Gasteiger partial charge is 0.343 e. The minimum absolute atomic E-state index is 0.0210. The molecule has 0 aliphatic carbocycles. The molecule has 2 amide bonds. The normalized spacial score (nSPS) is 13.8. The zero-order chi connectivity index (χ0) is 33.3. The molecule has 1 heterocycles. The molecule has 1 atom stereocenters. The number of nitrogens with zero attached hydrogens (tertiary/aromatic N) is 1. The number of aryl methyl sites for hydroxylation is 1. The van der Waals surface area contributed by atoms with Crippen molar-refractivity contribution < 1.29 is 53.7 Å². The molecule has 0 saturated heterocycles. The lowest BCUT2D eigenvalue weighted by Crippen LogP contribution is -2.43. The lowest BCUT2D eigenvalue weighted by Gasteiger charge is -2.22. The Kier molecular flexibility index (Phi) is 10.8. The number of aliphatic carboxylic acids is 3. The first-order chi connectivity index (χ1) is 21.2. The first kappa shape index (κ1) is 33.5. The molecule has 0 fully saturated rings. The van der Waals surface area contributed by atoms with Gasteiger partial charge in [-0.15, -0.1) is 0 Å². The largest absolute Gasteiger partial charge is 0.481 e. The summed E-state index contributed by atoms with van der Waals surface area (Å²) in [5.41, 5.74) is 10.1. The Hall–Kier alpha value is -6.00. The van der Waals surface area contributed by atoms with Crippen LogP contribution in [0.4, 0.5) is 5.69 Å². The number of hydrogen-bond acceptors (Lipinski definition) is 10. The second-order valence-corrected chi connectivity index (χ2v) is 10.1. The fourth-order valence-corrected chi connectivity index (χ4v) is 4.50. The molecule has 17 heteroatoms. The Morgan fingerprint density at radius 3 is 2.20 bits per heavy atom. The van der Waals surface area contributed by atoms with Crippen LogP contribution >= 0.6 is 0 Å². The predicted octanol–water partition coefficient (Wildman–Crippen LogP) is 0.401. The molecule has 0 saturated carbocycles. The highest BCUT2D eigenvalue weighted by molar-refractivity contribution is 6.04. The lowest BCUT2D eigenvalue weighted by atomic mass is 9.86. The third kappa shape index (κ3) is 9.77. The van der Waals surface area contributed by atoms with Gasteiger partial charge in [0.15, 0.2) is 11.6 Å². The van der Waals surface area contributed by atoms with Crippen LogP contribution in [-0.2, 0) is 35.2 Å². The number of benzene rings is 2. The topological polar surface area (TPSA) is 294 Å². The van der Waals surface area contributed by atoms with Crippen molar-refractivity contribution in [2.24, 2.45) is 16.6 Å². The number of amides is 2. The number of anilines is 1. The molecule has 1 aliphatic heterocycles. The van der Waals surface area contributed by atoms with Gasteiger partial charge in [0, 0.05) is 24.1 Å². The number of carboxylic acids is 3. The van der Waals surface area contributed by atoms with E-state index in [-0.39, 0.29) is 47.8 Å². The van der Waals surface area contributed by atoms with Crippen molar-refractivity contribution in [1.29, 1.82) is 5.41 Å². The van der Waals surface area contributed by atoms with E-state index in [1.807, 2.05) is 0 Å². The quantitative estimate of drug-likeness (QED) is 0.0575. The van der Waals surface area contributed by atoms with E-state index in [0.29, 0.717) is 11.3 Å². The average molecular weight is 627 g/mol. The predicted molar refractivity (Wildman–Crippen MR) is 155 cm³/mol. The Labute approximate surface area is 254 Å². The summed E-state index contributed by atoms with van der Waals surface area (Å²) in [6, 6.07) is 8.66. The summed E-state index contributed by atoms with van der Waals surface area (Å²) in [7, 11) is 0. The Morgan fingerprint density at radius 2 is 1.64 bits per heavy atom. The van der Waals surface area contributed by atoms with Gasteiger partial charge in [-0.1, -0.05) is 11.2 Å². The Balaban J connectivity index is 1.88. The van der Waals surface area contributed by atoms with Crippen LogP contribution < -0.4 is 26.8 Å². The number of rotatable bonds is 15. The van der Waals surface area contributed by atoms with Crippen LogP contribution in [0.3, 0.4) is 0 Å². The summed E-state index contributed by atoms with van der Waals surface area (Å²) in [6.07, 6.45) is -2.50. The van der Waals surface area contributed by atoms with Crippen LogP contribution in [0.2, 0.25) is 0 Å². The molecule has 10 N–H and O–H groups in total. The van der Waals surface area contributed by atoms with Gasteiger partial charge in [-0.05, 0) is 48.4 Å². The molecule has 3 rings (SSSR count). The lowest BCUT2D eigenvalue weighted by molar-refractivity contribution is -0.151. The molecule has 0 spiro atoms. The van der Waals surface area contributed by atoms with E-state index < -0.39 is 66.6 Å². The number of guanidine groups is 1. The highest BCUT2D eigenvalue weighted by Gasteiger charge is 2.44. The molecule has 0 radical (unpaired) electrons. The highest BCUT2D eigenvalue weighted by Crippen LogP contribution is 2.35. The van der Waals surface area contributed by atoms with Gasteiger partial charge in [0.1, 0.15) is 11.8 Å². The van der Waals surface area contributed by atoms with Gasteiger partial charge in [-0.25, -0.2) is 9.59 Å². The summed E-state index contributed by atoms with van der Waals surface area (Å²) in [5.74, 6) is -6.76. The summed E-state index contributed by atoms with van der Waals surface area (Å²) in [6.45, 7) is 0. The van der Waals surface area contributed by atoms with Crippen molar-refractivity contribution in [3.63, 3.8) is 0 Å². The van der Waals surface area contributed by atoms with Gasteiger partial charge in [0.05, 0.1) is 30.5 Å². The number of carboxylic acid groups (broad SMARTS) is 3. The summed E-state index contributed by atoms with van der Waals surface area (Å²) >= 11 is 0. The summed E-state index contributed by atoms with van der Waals surface area (Å²) in [4.78, 5) is 76.3. The van der Waals surface area contributed by atoms with E-state index in [1.165, 1.54) is 42.5 Å². The molecule has 1 aliphatic rings. The molecule has 0 bridgehead atoms. The molecule has 0 aromatic heterocycles. The van der Waals surface area contributed by atoms with Crippen molar-refractivity contribution in [3.8, 4) is 5.75 Å². The van der Waals surface area contributed by atoms with Crippen LogP contribution in [0.1, 0.15) is 53.6 Å². The van der Waals surface area contributed by atoms with Crippen molar-refractivity contribution in [2.75, 3.05) is 5.32 Å². The summed E-state index contributed by atoms with van der Waals surface area (Å²) < 4.78 is 5.50. The first-order valence-corrected chi connectivity index (χ1v) is 13.2. The van der Waals surface area contributed by atoms with E-state index in [1.54, 1.807) is 0 Å². The number of hydrogen-bond donors (Lipinski definition) is 8. The standard InChI is InChI=1S/C28H30N6O11/c29-21(35)10-19(25(41)42)33-22(36)8-4-14-3-7-17(44-26(43)15-1-5-16(6-2-15)32-27(30)31)9-18(14)20-11-28(45-34-20,12-23(37)38)13-24(39)40/h1-3,5-7,9,19H,4,8,10-13H2,(H2,29,35)(H,33,36)(H,37,38)(H,39,40)(H,41,42)(H4,30,31,32)/t19-/m0/s1. The zero-order valence-corrected chi connectivity index (χ0v) is 23.6. The number of nitrogens with two attached hydrogens (primary N) is 2. The van der Waals surface area contributed by atoms with Gasteiger partial charge in [-0.3, -0.25) is 24.6 Å². The van der Waals surface area contributed by atoms with Crippen LogP contribution in [0.5, 0.6) is 5.75 Å². The van der Waals surface area contributed by atoms with E-state index in [9.17, 15) is 44.1 Å². The fraction of sp³-hybridized carbons (Fsp3) is 0.286. The van der Waals surface area contributed by atoms with Gasteiger partial charge in [-0.2, -0.15) is 0 Å². The van der Waals surface area contributed by atoms with E-state index in [0.717, 1.165) is 0 Å². The van der Waals surface area contributed by atoms with Crippen LogP contribution in [0, 0.1) is 5.41 Å². The van der Waals surface area contributed by atoms with E-state index >= 15 is 0 Å². The molecule has 0 unspecified atom stereocenters. The Morgan fingerprint density at radius 1 is 1.00 bits per heavy atom. The third-order valence-corrected chi connectivity index (χ3v) is 6.45. The number of ether oxygens (including phenoxy) is 1. The number of oxime groups is 1.